The fourth-order valence-electron chi connectivity index (χ4n) is 4.23. The molecule has 32 heavy (non-hydrogen) atoms. The van der Waals surface area contributed by atoms with Gasteiger partial charge in [0.25, 0.3) is 0 Å². The fraction of sp³-hybridized carbons (Fsp3) is 0.222. The monoisotopic (exact) mass is 445 g/mol. The standard InChI is InChI=1S/C27H27NO3S/c1-20-12-14-26(15-13-20)32(30,31)28-18-24(16-22-8-4-3-5-9-22)25(19-28)17-23-10-6-7-11-27(23)21(2)29/h3-16,25H,17-19H2,1-2H3/b24-16+/t25-/m0/s1. The van der Waals surface area contributed by atoms with Gasteiger partial charge in [-0.05, 0) is 55.0 Å². The first kappa shape index (κ1) is 22.2. The second kappa shape index (κ2) is 9.23. The molecule has 0 aromatic heterocycles. The number of ketones is 1. The molecule has 0 bridgehead atoms. The molecule has 4 rings (SSSR count). The zero-order valence-electron chi connectivity index (χ0n) is 18.4. The van der Waals surface area contributed by atoms with Gasteiger partial charge in [-0.3, -0.25) is 4.79 Å². The van der Waals surface area contributed by atoms with E-state index in [-0.39, 0.29) is 11.7 Å². The molecular weight excluding hydrogens is 418 g/mol. The van der Waals surface area contributed by atoms with Crippen molar-refractivity contribution in [3.8, 4) is 0 Å². The Kier molecular flexibility index (Phi) is 6.40. The summed E-state index contributed by atoms with van der Waals surface area (Å²) in [4.78, 5) is 12.4. The molecule has 0 unspecified atom stereocenters. The lowest BCUT2D eigenvalue weighted by Gasteiger charge is -2.17. The summed E-state index contributed by atoms with van der Waals surface area (Å²) in [7, 11) is -3.61. The van der Waals surface area contributed by atoms with Crippen molar-refractivity contribution in [3.05, 3.63) is 107 Å². The second-order valence-corrected chi connectivity index (χ2v) is 10.3. The van der Waals surface area contributed by atoms with Gasteiger partial charge in [-0.25, -0.2) is 8.42 Å². The molecule has 1 atom stereocenters. The van der Waals surface area contributed by atoms with E-state index in [4.69, 9.17) is 0 Å². The van der Waals surface area contributed by atoms with Gasteiger partial charge in [0.05, 0.1) is 4.90 Å². The van der Waals surface area contributed by atoms with Gasteiger partial charge in [-0.15, -0.1) is 0 Å². The van der Waals surface area contributed by atoms with Gasteiger partial charge < -0.3 is 0 Å². The average Bonchev–Trinajstić information content (AvgIpc) is 3.18. The van der Waals surface area contributed by atoms with Crippen LogP contribution in [0.4, 0.5) is 0 Å². The highest BCUT2D eigenvalue weighted by atomic mass is 32.2. The summed E-state index contributed by atoms with van der Waals surface area (Å²) in [5, 5.41) is 0. The number of carbonyl (C=O) groups is 1. The van der Waals surface area contributed by atoms with Crippen LogP contribution in [-0.2, 0) is 16.4 Å². The van der Waals surface area contributed by atoms with E-state index in [1.54, 1.807) is 23.4 Å². The number of rotatable bonds is 6. The predicted octanol–water partition coefficient (Wildman–Crippen LogP) is 5.14. The van der Waals surface area contributed by atoms with Crippen LogP contribution in [0.5, 0.6) is 0 Å². The fourth-order valence-corrected chi connectivity index (χ4v) is 5.71. The van der Waals surface area contributed by atoms with Crippen LogP contribution in [0.15, 0.2) is 89.3 Å². The van der Waals surface area contributed by atoms with Crippen molar-refractivity contribution in [2.45, 2.75) is 25.2 Å². The van der Waals surface area contributed by atoms with Crippen LogP contribution in [0.1, 0.15) is 34.0 Å². The molecule has 0 radical (unpaired) electrons. The Hall–Kier alpha value is -3.02. The molecule has 3 aromatic rings. The van der Waals surface area contributed by atoms with Gasteiger partial charge in [0.2, 0.25) is 10.0 Å². The molecule has 0 spiro atoms. The number of benzene rings is 3. The van der Waals surface area contributed by atoms with Crippen LogP contribution in [0.2, 0.25) is 0 Å². The third-order valence-electron chi connectivity index (χ3n) is 5.98. The van der Waals surface area contributed by atoms with Crippen molar-refractivity contribution < 1.29 is 13.2 Å². The second-order valence-electron chi connectivity index (χ2n) is 8.35. The van der Waals surface area contributed by atoms with Crippen LogP contribution >= 0.6 is 0 Å². The molecule has 1 heterocycles. The summed E-state index contributed by atoms with van der Waals surface area (Å²) in [5.41, 5.74) is 4.78. The van der Waals surface area contributed by atoms with Gasteiger partial charge in [0, 0.05) is 18.7 Å². The summed E-state index contributed by atoms with van der Waals surface area (Å²) in [6, 6.07) is 24.5. The third kappa shape index (κ3) is 4.74. The number of aryl methyl sites for hydroxylation is 1. The molecule has 5 heteroatoms. The summed E-state index contributed by atoms with van der Waals surface area (Å²) in [6.45, 7) is 4.25. The lowest BCUT2D eigenvalue weighted by atomic mass is 9.90. The van der Waals surface area contributed by atoms with Gasteiger partial charge >= 0.3 is 0 Å². The van der Waals surface area contributed by atoms with E-state index in [1.165, 1.54) is 0 Å². The molecule has 1 aliphatic rings. The van der Waals surface area contributed by atoms with Crippen LogP contribution < -0.4 is 0 Å². The van der Waals surface area contributed by atoms with Gasteiger partial charge in [-0.1, -0.05) is 78.4 Å². The summed E-state index contributed by atoms with van der Waals surface area (Å²) in [5.74, 6) is 0.0206. The molecule has 0 amide bonds. The topological polar surface area (TPSA) is 54.5 Å². The molecule has 0 aliphatic carbocycles. The van der Waals surface area contributed by atoms with Gasteiger partial charge in [0.1, 0.15) is 0 Å². The Morgan fingerprint density at radius 1 is 0.969 bits per heavy atom. The first-order valence-corrected chi connectivity index (χ1v) is 12.2. The van der Waals surface area contributed by atoms with E-state index in [0.29, 0.717) is 30.0 Å². The molecule has 164 valence electrons. The predicted molar refractivity (Wildman–Crippen MR) is 128 cm³/mol. The highest BCUT2D eigenvalue weighted by molar-refractivity contribution is 7.89. The maximum Gasteiger partial charge on any atom is 0.243 e. The molecule has 0 saturated carbocycles. The first-order valence-electron chi connectivity index (χ1n) is 10.8. The maximum atomic E-state index is 13.4. The number of Topliss-reactive ketones (excluding diaryl/α,β-unsaturated/α-hetero) is 1. The minimum atomic E-state index is -3.61. The molecular formula is C27H27NO3S. The van der Waals surface area contributed by atoms with E-state index in [0.717, 1.165) is 22.3 Å². The van der Waals surface area contributed by atoms with Crippen LogP contribution in [0.25, 0.3) is 6.08 Å². The van der Waals surface area contributed by atoms with Crippen molar-refractivity contribution in [2.75, 3.05) is 13.1 Å². The largest absolute Gasteiger partial charge is 0.295 e. The van der Waals surface area contributed by atoms with E-state index in [2.05, 4.69) is 6.08 Å². The van der Waals surface area contributed by atoms with Crippen molar-refractivity contribution >= 4 is 21.9 Å². The summed E-state index contributed by atoms with van der Waals surface area (Å²) >= 11 is 0. The van der Waals surface area contributed by atoms with Crippen LogP contribution in [0, 0.1) is 12.8 Å². The molecule has 3 aromatic carbocycles. The third-order valence-corrected chi connectivity index (χ3v) is 7.81. The van der Waals surface area contributed by atoms with E-state index < -0.39 is 10.0 Å². The van der Waals surface area contributed by atoms with Crippen LogP contribution in [-0.4, -0.2) is 31.6 Å². The molecule has 1 aliphatic heterocycles. The van der Waals surface area contributed by atoms with Gasteiger partial charge in [0.15, 0.2) is 5.78 Å². The van der Waals surface area contributed by atoms with E-state index in [9.17, 15) is 13.2 Å². The SMILES string of the molecule is CC(=O)c1ccccc1C[C@H]1CN(S(=O)(=O)c2ccc(C)cc2)C/C1=C\c1ccccc1. The highest BCUT2D eigenvalue weighted by Gasteiger charge is 2.36. The Morgan fingerprint density at radius 2 is 1.62 bits per heavy atom. The first-order chi connectivity index (χ1) is 15.3. The van der Waals surface area contributed by atoms with Crippen molar-refractivity contribution in [2.24, 2.45) is 5.92 Å². The van der Waals surface area contributed by atoms with Crippen LogP contribution in [0.3, 0.4) is 0 Å². The molecule has 1 saturated heterocycles. The number of carbonyl (C=O) groups excluding carboxylic acids is 1. The van der Waals surface area contributed by atoms with Crippen molar-refractivity contribution in [3.63, 3.8) is 0 Å². The molecule has 4 nitrogen and oxygen atoms in total. The minimum Gasteiger partial charge on any atom is -0.295 e. The number of hydrogen-bond acceptors (Lipinski definition) is 3. The zero-order valence-corrected chi connectivity index (χ0v) is 19.2. The number of nitrogens with zero attached hydrogens (tertiary/aromatic N) is 1. The molecule has 0 N–H and O–H groups in total. The van der Waals surface area contributed by atoms with E-state index in [1.807, 2.05) is 73.7 Å². The lowest BCUT2D eigenvalue weighted by Crippen LogP contribution is -2.29. The lowest BCUT2D eigenvalue weighted by molar-refractivity contribution is 0.101. The average molecular weight is 446 g/mol. The van der Waals surface area contributed by atoms with Gasteiger partial charge in [-0.2, -0.15) is 4.31 Å². The Balaban J connectivity index is 1.69. The minimum absolute atomic E-state index is 0.00377. The quantitative estimate of drug-likeness (QED) is 0.494. The Bertz CT molecular complexity index is 1250. The van der Waals surface area contributed by atoms with Crippen molar-refractivity contribution in [1.82, 2.24) is 4.31 Å². The normalized spacial score (nSPS) is 18.2. The zero-order chi connectivity index (χ0) is 22.7. The highest BCUT2D eigenvalue weighted by Crippen LogP contribution is 2.33. The Labute approximate surface area is 190 Å². The Morgan fingerprint density at radius 3 is 2.31 bits per heavy atom. The van der Waals surface area contributed by atoms with Crippen molar-refractivity contribution in [1.29, 1.82) is 0 Å². The summed E-state index contributed by atoms with van der Waals surface area (Å²) < 4.78 is 28.3. The maximum absolute atomic E-state index is 13.4. The number of hydrogen-bond donors (Lipinski definition) is 0. The number of sulfonamides is 1. The molecule has 1 fully saturated rings. The smallest absolute Gasteiger partial charge is 0.243 e. The summed E-state index contributed by atoms with van der Waals surface area (Å²) in [6.07, 6.45) is 2.71. The van der Waals surface area contributed by atoms with E-state index >= 15 is 0 Å².